The van der Waals surface area contributed by atoms with Gasteiger partial charge in [0, 0.05) is 27.7 Å². The van der Waals surface area contributed by atoms with Crippen LogP contribution in [0.25, 0.3) is 0 Å². The van der Waals surface area contributed by atoms with E-state index < -0.39 is 13.0 Å². The summed E-state index contributed by atoms with van der Waals surface area (Å²) in [7, 11) is 0. The van der Waals surface area contributed by atoms with E-state index in [0.717, 1.165) is 0 Å². The van der Waals surface area contributed by atoms with Crippen molar-refractivity contribution in [3.63, 3.8) is 0 Å². The van der Waals surface area contributed by atoms with Gasteiger partial charge in [-0.25, -0.2) is 0 Å². The second-order valence-corrected chi connectivity index (χ2v) is 1.63. The first-order valence-corrected chi connectivity index (χ1v) is 2.61. The number of hydrogen-bond donors (Lipinski definition) is 1. The third-order valence-electron chi connectivity index (χ3n) is 0. The average molecular weight is 321 g/mol. The molecule has 0 saturated heterocycles. The summed E-state index contributed by atoms with van der Waals surface area (Å²) in [6.07, 6.45) is 0. The molecule has 0 bridgehead atoms. The van der Waals surface area contributed by atoms with Gasteiger partial charge in [0.2, 0.25) is 0 Å². The molecular formula is HHgMnO4. The van der Waals surface area contributed by atoms with Crippen LogP contribution in [0.15, 0.2) is 0 Å². The van der Waals surface area contributed by atoms with Crippen molar-refractivity contribution < 1.29 is 56.3 Å². The van der Waals surface area contributed by atoms with Crippen molar-refractivity contribution in [3.05, 3.63) is 0 Å². The van der Waals surface area contributed by atoms with Gasteiger partial charge in [0.25, 0.3) is 0 Å². The van der Waals surface area contributed by atoms with Crippen LogP contribution in [0.2, 0.25) is 0 Å². The maximum absolute atomic E-state index is 8.69. The molecule has 0 aromatic rings. The van der Waals surface area contributed by atoms with Crippen molar-refractivity contribution in [3.8, 4) is 0 Å². The molecule has 0 saturated carbocycles. The van der Waals surface area contributed by atoms with Crippen LogP contribution in [0.1, 0.15) is 0 Å². The molecule has 0 aliphatic rings. The summed E-state index contributed by atoms with van der Waals surface area (Å²) < 4.78 is 33.1. The van der Waals surface area contributed by atoms with E-state index in [4.69, 9.17) is 15.7 Å². The summed E-state index contributed by atoms with van der Waals surface area (Å²) in [5, 5.41) is 0. The quantitative estimate of drug-likeness (QED) is 0.586. The van der Waals surface area contributed by atoms with E-state index in [-0.39, 0.29) is 27.7 Å². The van der Waals surface area contributed by atoms with Crippen molar-refractivity contribution in [1.82, 2.24) is 0 Å². The van der Waals surface area contributed by atoms with Gasteiger partial charge in [-0.05, 0) is 0 Å². The fourth-order valence-electron chi connectivity index (χ4n) is 0. The fraction of sp³-hybridized carbons (Fsp3) is 0. The van der Waals surface area contributed by atoms with Crippen LogP contribution in [-0.4, -0.2) is 4.19 Å². The second kappa shape index (κ2) is 2.90. The van der Waals surface area contributed by atoms with Gasteiger partial charge in [-0.1, -0.05) is 0 Å². The van der Waals surface area contributed by atoms with E-state index in [2.05, 4.69) is 0 Å². The van der Waals surface area contributed by atoms with E-state index in [9.17, 15) is 0 Å². The molecule has 0 unspecified atom stereocenters. The second-order valence-electron chi connectivity index (χ2n) is 0.396. The van der Waals surface area contributed by atoms with Gasteiger partial charge >= 0.3 is 28.7 Å². The predicted molar refractivity (Wildman–Crippen MR) is 4.28 cm³/mol. The van der Waals surface area contributed by atoms with Gasteiger partial charge in [0.05, 0.1) is 0 Å². The summed E-state index contributed by atoms with van der Waals surface area (Å²) in [5.41, 5.74) is 0. The third-order valence-corrected chi connectivity index (χ3v) is 0. The normalized spacial score (nSPS) is 9.50. The zero-order valence-corrected chi connectivity index (χ0v) is 9.44. The maximum atomic E-state index is 8.69. The van der Waals surface area contributed by atoms with Crippen LogP contribution in [0.4, 0.5) is 0 Å². The summed E-state index contributed by atoms with van der Waals surface area (Å²) >= 11 is -5.38. The molecule has 0 aromatic heterocycles. The molecule has 0 aromatic carbocycles. The summed E-state index contributed by atoms with van der Waals surface area (Å²) in [6.45, 7) is 0. The van der Waals surface area contributed by atoms with Crippen LogP contribution in [0.5, 0.6) is 0 Å². The van der Waals surface area contributed by atoms with Crippen molar-refractivity contribution in [1.29, 1.82) is 0 Å². The first kappa shape index (κ1) is 9.94. The molecule has 0 fully saturated rings. The first-order valence-electron chi connectivity index (χ1n) is 0.632. The van der Waals surface area contributed by atoms with E-state index in [1.807, 2.05) is 0 Å². The molecule has 1 N–H and O–H groups in total. The fourth-order valence-corrected chi connectivity index (χ4v) is 0. The summed E-state index contributed by atoms with van der Waals surface area (Å²) in [4.78, 5) is 0. The standard InChI is InChI=1S/Hg.Mn.H2O.3O/h;;1H2;;;/q;+1;;;;/p-1. The van der Waals surface area contributed by atoms with Gasteiger partial charge < -0.3 is 0 Å². The molecule has 0 amide bonds. The number of hydrogen-bond acceptors (Lipinski definition) is 3. The van der Waals surface area contributed by atoms with Gasteiger partial charge in [-0.2, -0.15) is 0 Å². The van der Waals surface area contributed by atoms with Crippen molar-refractivity contribution in [2.45, 2.75) is 0 Å². The average Bonchev–Trinajstić information content (AvgIpc) is 0.722. The van der Waals surface area contributed by atoms with Crippen LogP contribution in [-0.2, 0) is 52.1 Å². The third kappa shape index (κ3) is 106. The van der Waals surface area contributed by atoms with Gasteiger partial charge in [-0.3, -0.25) is 0 Å². The summed E-state index contributed by atoms with van der Waals surface area (Å²) in [5.74, 6) is 0. The molecule has 0 spiro atoms. The molecule has 4 nitrogen and oxygen atoms in total. The molecule has 0 heterocycles. The van der Waals surface area contributed by atoms with Crippen molar-refractivity contribution in [2.75, 3.05) is 0 Å². The monoisotopic (exact) mass is 322 g/mol. The van der Waals surface area contributed by atoms with E-state index >= 15 is 0 Å². The Hall–Kier alpha value is 0.815. The molecule has 6 heteroatoms. The van der Waals surface area contributed by atoms with Crippen molar-refractivity contribution in [2.24, 2.45) is 0 Å². The molecular weight excluding hydrogens is 320 g/mol. The van der Waals surface area contributed by atoms with E-state index in [1.54, 1.807) is 0 Å². The molecule has 0 aliphatic carbocycles. The van der Waals surface area contributed by atoms with E-state index in [1.165, 1.54) is 0 Å². The first-order chi connectivity index (χ1) is 2.00. The van der Waals surface area contributed by atoms with Gasteiger partial charge in [0.1, 0.15) is 0 Å². The Balaban J connectivity index is 0. The Kier molecular flexibility index (Phi) is 4.81. The summed E-state index contributed by atoms with van der Waals surface area (Å²) in [6, 6.07) is 0. The van der Waals surface area contributed by atoms with Gasteiger partial charge in [-0.15, -0.1) is 0 Å². The van der Waals surface area contributed by atoms with Gasteiger partial charge in [0.15, 0.2) is 0 Å². The Morgan fingerprint density at radius 1 is 1.17 bits per heavy atom. The molecule has 0 rings (SSSR count). The number of rotatable bonds is 0. The Morgan fingerprint density at radius 3 is 1.17 bits per heavy atom. The Bertz CT molecular complexity index is 129. The minimum atomic E-state index is -5.38. The molecule has 0 aliphatic heterocycles. The predicted octanol–water partition coefficient (Wildman–Crippen LogP) is -0.918. The Labute approximate surface area is 56.2 Å². The van der Waals surface area contributed by atoms with Crippen LogP contribution in [0.3, 0.4) is 0 Å². The van der Waals surface area contributed by atoms with E-state index in [0.29, 0.717) is 0 Å². The zero-order valence-electron chi connectivity index (χ0n) is 2.76. The zero-order chi connectivity index (χ0) is 4.50. The Morgan fingerprint density at radius 2 is 1.17 bits per heavy atom. The molecule has 6 heavy (non-hydrogen) atoms. The minimum absolute atomic E-state index is 0. The van der Waals surface area contributed by atoms with Crippen LogP contribution < -0.4 is 0 Å². The van der Waals surface area contributed by atoms with Crippen molar-refractivity contribution >= 4 is 0 Å². The van der Waals surface area contributed by atoms with Crippen LogP contribution in [0, 0.1) is 0 Å². The van der Waals surface area contributed by atoms with Crippen LogP contribution >= 0.6 is 0 Å². The molecule has 34 valence electrons. The molecule has 0 radical (unpaired) electrons. The molecule has 0 atom stereocenters. The topological polar surface area (TPSA) is 71.4 Å². The SMILES string of the molecule is [Hg].[O]=[Mn](=[O])(=[O])[OH].